The topological polar surface area (TPSA) is 102 Å². The maximum absolute atomic E-state index is 13.4. The standard InChI is InChI=1S/C27H34N8O/c1-16(2)34-25(36)21-15-31-26(32-18-11-17-14-29-9-8-20(17)22(12-18)28-6)33-24(21)35(34)19-7-10-30-23(13-19)27(3,4)5/h7,10-13,15-16,28-29H,8-9,14H2,1-6H3,(H,31,32,33). The van der Waals surface area contributed by atoms with Crippen molar-refractivity contribution < 1.29 is 0 Å². The largest absolute Gasteiger partial charge is 0.388 e. The van der Waals surface area contributed by atoms with Crippen LogP contribution in [0.5, 0.6) is 0 Å². The first-order valence-corrected chi connectivity index (χ1v) is 12.5. The highest BCUT2D eigenvalue weighted by Crippen LogP contribution is 2.30. The van der Waals surface area contributed by atoms with Crippen LogP contribution < -0.4 is 21.5 Å². The molecule has 0 fully saturated rings. The Morgan fingerprint density at radius 3 is 2.67 bits per heavy atom. The number of nitrogens with zero attached hydrogens (tertiary/aromatic N) is 5. The Labute approximate surface area is 211 Å². The van der Waals surface area contributed by atoms with Gasteiger partial charge >= 0.3 is 0 Å². The maximum Gasteiger partial charge on any atom is 0.278 e. The van der Waals surface area contributed by atoms with Crippen LogP contribution in [0, 0.1) is 0 Å². The molecule has 3 aromatic heterocycles. The number of fused-ring (bicyclic) bond motifs is 2. The minimum absolute atomic E-state index is 0.0688. The van der Waals surface area contributed by atoms with Crippen LogP contribution in [-0.2, 0) is 18.4 Å². The minimum Gasteiger partial charge on any atom is -0.388 e. The summed E-state index contributed by atoms with van der Waals surface area (Å²) in [4.78, 5) is 27.3. The molecule has 3 N–H and O–H groups in total. The van der Waals surface area contributed by atoms with Crippen molar-refractivity contribution in [1.82, 2.24) is 29.6 Å². The van der Waals surface area contributed by atoms with Crippen molar-refractivity contribution in [1.29, 1.82) is 0 Å². The third kappa shape index (κ3) is 4.24. The van der Waals surface area contributed by atoms with E-state index in [0.29, 0.717) is 17.0 Å². The van der Waals surface area contributed by atoms with Crippen LogP contribution in [0.15, 0.2) is 41.5 Å². The van der Waals surface area contributed by atoms with Gasteiger partial charge in [0.2, 0.25) is 5.95 Å². The molecule has 1 aliphatic rings. The molecule has 9 nitrogen and oxygen atoms in total. The summed E-state index contributed by atoms with van der Waals surface area (Å²) in [6.07, 6.45) is 4.40. The monoisotopic (exact) mass is 486 g/mol. The Morgan fingerprint density at radius 2 is 1.94 bits per heavy atom. The molecular formula is C27H34N8O. The van der Waals surface area contributed by atoms with Gasteiger partial charge in [-0.25, -0.2) is 14.3 Å². The quantitative estimate of drug-likeness (QED) is 0.387. The van der Waals surface area contributed by atoms with Gasteiger partial charge in [0.15, 0.2) is 5.65 Å². The maximum atomic E-state index is 13.4. The second-order valence-corrected chi connectivity index (χ2v) is 10.6. The highest BCUT2D eigenvalue weighted by Gasteiger charge is 2.22. The molecule has 0 saturated carbocycles. The lowest BCUT2D eigenvalue weighted by molar-refractivity contribution is 0.474. The minimum atomic E-state index is -0.129. The molecule has 5 rings (SSSR count). The van der Waals surface area contributed by atoms with Crippen LogP contribution in [0.25, 0.3) is 16.7 Å². The number of pyridine rings is 1. The summed E-state index contributed by atoms with van der Waals surface area (Å²) in [7, 11) is 1.94. The van der Waals surface area contributed by atoms with Crippen molar-refractivity contribution in [2.75, 3.05) is 24.2 Å². The van der Waals surface area contributed by atoms with Crippen molar-refractivity contribution in [2.24, 2.45) is 0 Å². The first kappa shape index (κ1) is 24.0. The smallest absolute Gasteiger partial charge is 0.278 e. The Kier molecular flexibility index (Phi) is 6.04. The van der Waals surface area contributed by atoms with E-state index in [4.69, 9.17) is 4.98 Å². The fraction of sp³-hybridized carbons (Fsp3) is 0.407. The second kappa shape index (κ2) is 9.05. The van der Waals surface area contributed by atoms with E-state index in [1.807, 2.05) is 37.7 Å². The van der Waals surface area contributed by atoms with Crippen molar-refractivity contribution in [3.05, 3.63) is 63.8 Å². The number of benzene rings is 1. The van der Waals surface area contributed by atoms with Crippen molar-refractivity contribution >= 4 is 28.4 Å². The fourth-order valence-electron chi connectivity index (χ4n) is 4.78. The van der Waals surface area contributed by atoms with Gasteiger partial charge in [-0.05, 0) is 62.2 Å². The van der Waals surface area contributed by atoms with E-state index in [-0.39, 0.29) is 17.0 Å². The van der Waals surface area contributed by atoms with Crippen LogP contribution in [0.1, 0.15) is 57.5 Å². The van der Waals surface area contributed by atoms with Gasteiger partial charge in [-0.2, -0.15) is 4.98 Å². The van der Waals surface area contributed by atoms with Gasteiger partial charge in [0, 0.05) is 54.5 Å². The first-order chi connectivity index (χ1) is 17.2. The average Bonchev–Trinajstić information content (AvgIpc) is 3.15. The van der Waals surface area contributed by atoms with E-state index in [9.17, 15) is 4.79 Å². The lowest BCUT2D eigenvalue weighted by Crippen LogP contribution is -2.24. The first-order valence-electron chi connectivity index (χ1n) is 12.5. The molecule has 0 bridgehead atoms. The second-order valence-electron chi connectivity index (χ2n) is 10.6. The molecule has 0 radical (unpaired) electrons. The summed E-state index contributed by atoms with van der Waals surface area (Å²) in [6, 6.07) is 8.10. The van der Waals surface area contributed by atoms with Crippen molar-refractivity contribution in [2.45, 2.75) is 59.0 Å². The van der Waals surface area contributed by atoms with E-state index in [1.165, 1.54) is 11.1 Å². The lowest BCUT2D eigenvalue weighted by atomic mass is 9.91. The van der Waals surface area contributed by atoms with E-state index < -0.39 is 0 Å². The molecule has 4 aromatic rings. The number of aromatic nitrogens is 5. The lowest BCUT2D eigenvalue weighted by Gasteiger charge is -2.22. The summed E-state index contributed by atoms with van der Waals surface area (Å²) in [6.45, 7) is 12.2. The number of nitrogens with one attached hydrogen (secondary N) is 3. The molecule has 0 saturated heterocycles. The molecule has 0 spiro atoms. The molecule has 36 heavy (non-hydrogen) atoms. The fourth-order valence-corrected chi connectivity index (χ4v) is 4.78. The van der Waals surface area contributed by atoms with Crippen molar-refractivity contribution in [3.63, 3.8) is 0 Å². The molecule has 0 aliphatic carbocycles. The summed E-state index contributed by atoms with van der Waals surface area (Å²) < 4.78 is 3.62. The molecule has 1 aromatic carbocycles. The van der Waals surface area contributed by atoms with Crippen LogP contribution in [0.2, 0.25) is 0 Å². The summed E-state index contributed by atoms with van der Waals surface area (Å²) in [5.74, 6) is 0.438. The van der Waals surface area contributed by atoms with Crippen LogP contribution in [-0.4, -0.2) is 37.9 Å². The molecular weight excluding hydrogens is 452 g/mol. The van der Waals surface area contributed by atoms with Crippen LogP contribution in [0.4, 0.5) is 17.3 Å². The van der Waals surface area contributed by atoms with Gasteiger partial charge in [-0.3, -0.25) is 9.78 Å². The van der Waals surface area contributed by atoms with Gasteiger partial charge in [-0.15, -0.1) is 0 Å². The Morgan fingerprint density at radius 1 is 1.14 bits per heavy atom. The highest BCUT2D eigenvalue weighted by atomic mass is 16.1. The SMILES string of the molecule is CNc1cc(Nc2ncc3c(=O)n(C(C)C)n(-c4ccnc(C(C)(C)C)c4)c3n2)cc2c1CCNC2. The van der Waals surface area contributed by atoms with Crippen LogP contribution >= 0.6 is 0 Å². The zero-order chi connectivity index (χ0) is 25.6. The normalized spacial score (nSPS) is 13.8. The number of hydrogen-bond acceptors (Lipinski definition) is 7. The summed E-state index contributed by atoms with van der Waals surface area (Å²) in [5, 5.41) is 10.6. The van der Waals surface area contributed by atoms with E-state index in [1.54, 1.807) is 17.1 Å². The third-order valence-electron chi connectivity index (χ3n) is 6.60. The Bertz CT molecular complexity index is 1480. The van der Waals surface area contributed by atoms with E-state index in [0.717, 1.165) is 42.3 Å². The predicted molar refractivity (Wildman–Crippen MR) is 145 cm³/mol. The summed E-state index contributed by atoms with van der Waals surface area (Å²) in [5.41, 5.74) is 6.71. The molecule has 0 amide bonds. The van der Waals surface area contributed by atoms with Gasteiger partial charge in [0.05, 0.1) is 5.69 Å². The van der Waals surface area contributed by atoms with Crippen LogP contribution in [0.3, 0.4) is 0 Å². The number of rotatable bonds is 5. The molecule has 9 heteroatoms. The summed E-state index contributed by atoms with van der Waals surface area (Å²) >= 11 is 0. The Hall–Kier alpha value is -3.72. The average molecular weight is 487 g/mol. The third-order valence-corrected chi connectivity index (χ3v) is 6.60. The predicted octanol–water partition coefficient (Wildman–Crippen LogP) is 4.29. The van der Waals surface area contributed by atoms with E-state index in [2.05, 4.69) is 58.8 Å². The number of anilines is 3. The molecule has 0 unspecified atom stereocenters. The molecule has 4 heterocycles. The van der Waals surface area contributed by atoms with Gasteiger partial charge in [0.1, 0.15) is 5.39 Å². The number of hydrogen-bond donors (Lipinski definition) is 3. The van der Waals surface area contributed by atoms with Gasteiger partial charge in [-0.1, -0.05) is 20.8 Å². The zero-order valence-corrected chi connectivity index (χ0v) is 21.8. The van der Waals surface area contributed by atoms with E-state index >= 15 is 0 Å². The highest BCUT2D eigenvalue weighted by molar-refractivity contribution is 5.78. The molecule has 1 aliphatic heterocycles. The van der Waals surface area contributed by atoms with Crippen molar-refractivity contribution in [3.8, 4) is 5.69 Å². The van der Waals surface area contributed by atoms with Gasteiger partial charge < -0.3 is 16.0 Å². The molecule has 188 valence electrons. The van der Waals surface area contributed by atoms with Gasteiger partial charge in [0.25, 0.3) is 5.56 Å². The Balaban J connectivity index is 1.64. The molecule has 0 atom stereocenters. The zero-order valence-electron chi connectivity index (χ0n) is 21.8.